The zero-order valence-corrected chi connectivity index (χ0v) is 13.1. The van der Waals surface area contributed by atoms with Gasteiger partial charge in [0.05, 0.1) is 19.2 Å². The van der Waals surface area contributed by atoms with Crippen LogP contribution in [0, 0.1) is 0 Å². The van der Waals surface area contributed by atoms with Crippen LogP contribution in [0.1, 0.15) is 5.82 Å². The molecule has 21 heavy (non-hydrogen) atoms. The Hall–Kier alpha value is -1.38. The van der Waals surface area contributed by atoms with Crippen molar-refractivity contribution in [3.05, 3.63) is 27.6 Å². The number of rotatable bonds is 3. The second-order valence-electron chi connectivity index (χ2n) is 4.77. The SMILES string of the molecule is COC(=O)[C@H]1CN(Cc2nc3ccsc3c(=O)[nH]2)CCS1. The zero-order chi connectivity index (χ0) is 14.8. The van der Waals surface area contributed by atoms with Gasteiger partial charge in [0.2, 0.25) is 0 Å². The van der Waals surface area contributed by atoms with E-state index < -0.39 is 0 Å². The summed E-state index contributed by atoms with van der Waals surface area (Å²) >= 11 is 3.00. The van der Waals surface area contributed by atoms with Gasteiger partial charge in [-0.15, -0.1) is 23.1 Å². The molecule has 112 valence electrons. The molecule has 0 amide bonds. The minimum Gasteiger partial charge on any atom is -0.468 e. The van der Waals surface area contributed by atoms with E-state index in [0.717, 1.165) is 17.8 Å². The van der Waals surface area contributed by atoms with E-state index in [9.17, 15) is 9.59 Å². The number of H-pyrrole nitrogens is 1. The maximum Gasteiger partial charge on any atom is 0.320 e. The smallest absolute Gasteiger partial charge is 0.320 e. The van der Waals surface area contributed by atoms with Gasteiger partial charge in [0.1, 0.15) is 15.8 Å². The second kappa shape index (κ2) is 6.17. The van der Waals surface area contributed by atoms with Crippen LogP contribution in [0.2, 0.25) is 0 Å². The fraction of sp³-hybridized carbons (Fsp3) is 0.462. The van der Waals surface area contributed by atoms with Gasteiger partial charge in [-0.25, -0.2) is 4.98 Å². The van der Waals surface area contributed by atoms with E-state index in [1.165, 1.54) is 18.4 Å². The predicted molar refractivity (Wildman–Crippen MR) is 83.8 cm³/mol. The molecule has 1 saturated heterocycles. The minimum atomic E-state index is -0.195. The highest BCUT2D eigenvalue weighted by molar-refractivity contribution is 8.00. The van der Waals surface area contributed by atoms with Crippen molar-refractivity contribution in [2.75, 3.05) is 26.0 Å². The van der Waals surface area contributed by atoms with Crippen LogP contribution >= 0.6 is 23.1 Å². The number of nitrogens with one attached hydrogen (secondary N) is 1. The maximum atomic E-state index is 11.9. The number of fused-ring (bicyclic) bond motifs is 1. The van der Waals surface area contributed by atoms with Crippen molar-refractivity contribution < 1.29 is 9.53 Å². The number of aromatic amines is 1. The van der Waals surface area contributed by atoms with E-state index in [1.54, 1.807) is 11.8 Å². The average Bonchev–Trinajstić information content (AvgIpc) is 2.95. The highest BCUT2D eigenvalue weighted by atomic mass is 32.2. The van der Waals surface area contributed by atoms with Crippen LogP contribution < -0.4 is 5.56 Å². The molecular formula is C13H15N3O3S2. The van der Waals surface area contributed by atoms with Crippen molar-refractivity contribution in [2.24, 2.45) is 0 Å². The molecule has 3 rings (SSSR count). The summed E-state index contributed by atoms with van der Waals surface area (Å²) < 4.78 is 5.45. The number of methoxy groups -OCH3 is 1. The number of thioether (sulfide) groups is 1. The average molecular weight is 325 g/mol. The van der Waals surface area contributed by atoms with Crippen LogP contribution in [0.3, 0.4) is 0 Å². The van der Waals surface area contributed by atoms with Crippen LogP contribution in [0.5, 0.6) is 0 Å². The van der Waals surface area contributed by atoms with Gasteiger partial charge in [-0.05, 0) is 11.4 Å². The lowest BCUT2D eigenvalue weighted by Gasteiger charge is -2.30. The molecule has 0 unspecified atom stereocenters. The van der Waals surface area contributed by atoms with E-state index >= 15 is 0 Å². The fourth-order valence-electron chi connectivity index (χ4n) is 2.33. The number of ether oxygens (including phenoxy) is 1. The molecule has 0 aliphatic carbocycles. The first-order chi connectivity index (χ1) is 10.2. The van der Waals surface area contributed by atoms with E-state index in [2.05, 4.69) is 14.9 Å². The van der Waals surface area contributed by atoms with Crippen LogP contribution in [0.25, 0.3) is 10.2 Å². The van der Waals surface area contributed by atoms with Gasteiger partial charge < -0.3 is 9.72 Å². The molecule has 3 heterocycles. The van der Waals surface area contributed by atoms with E-state index in [1.807, 2.05) is 11.4 Å². The summed E-state index contributed by atoms with van der Waals surface area (Å²) in [6, 6.07) is 1.85. The summed E-state index contributed by atoms with van der Waals surface area (Å²) in [6.07, 6.45) is 0. The number of hydrogen-bond donors (Lipinski definition) is 1. The number of esters is 1. The summed E-state index contributed by atoms with van der Waals surface area (Å²) in [6.45, 7) is 2.02. The third kappa shape index (κ3) is 3.12. The standard InChI is InChI=1S/C13H15N3O3S2/c1-19-13(18)9-6-16(3-5-20-9)7-10-14-8-2-4-21-11(8)12(17)15-10/h2,4,9H,3,5-7H2,1H3,(H,14,15,17)/t9-/m1/s1. The molecule has 1 atom stereocenters. The molecule has 0 aromatic carbocycles. The highest BCUT2D eigenvalue weighted by Crippen LogP contribution is 2.21. The lowest BCUT2D eigenvalue weighted by atomic mass is 10.3. The van der Waals surface area contributed by atoms with E-state index in [-0.39, 0.29) is 16.8 Å². The predicted octanol–water partition coefficient (Wildman–Crippen LogP) is 1.07. The summed E-state index contributed by atoms with van der Waals surface area (Å²) in [5.74, 6) is 1.31. The lowest BCUT2D eigenvalue weighted by molar-refractivity contribution is -0.140. The Balaban J connectivity index is 1.75. The number of thiophene rings is 1. The first-order valence-corrected chi connectivity index (χ1v) is 8.48. The van der Waals surface area contributed by atoms with Gasteiger partial charge >= 0.3 is 5.97 Å². The topological polar surface area (TPSA) is 75.3 Å². The molecule has 1 fully saturated rings. The number of carbonyl (C=O) groups is 1. The molecular weight excluding hydrogens is 310 g/mol. The van der Waals surface area contributed by atoms with Gasteiger partial charge in [-0.3, -0.25) is 14.5 Å². The largest absolute Gasteiger partial charge is 0.468 e. The Morgan fingerprint density at radius 3 is 3.29 bits per heavy atom. The molecule has 0 spiro atoms. The van der Waals surface area contributed by atoms with Crippen molar-refractivity contribution in [1.29, 1.82) is 0 Å². The van der Waals surface area contributed by atoms with Gasteiger partial charge in [-0.2, -0.15) is 0 Å². The molecule has 6 nitrogen and oxygen atoms in total. The van der Waals surface area contributed by atoms with Crippen molar-refractivity contribution in [3.8, 4) is 0 Å². The van der Waals surface area contributed by atoms with Gasteiger partial charge in [0.15, 0.2) is 0 Å². The van der Waals surface area contributed by atoms with Gasteiger partial charge in [0, 0.05) is 18.8 Å². The first-order valence-electron chi connectivity index (χ1n) is 6.55. The Bertz CT molecular complexity index is 712. The molecule has 0 saturated carbocycles. The third-order valence-corrected chi connectivity index (χ3v) is 5.42. The summed E-state index contributed by atoms with van der Waals surface area (Å²) in [7, 11) is 1.41. The molecule has 2 aromatic rings. The van der Waals surface area contributed by atoms with Gasteiger partial charge in [-0.1, -0.05) is 0 Å². The molecule has 2 aromatic heterocycles. The van der Waals surface area contributed by atoms with Crippen molar-refractivity contribution in [2.45, 2.75) is 11.8 Å². The Labute approximate surface area is 129 Å². The van der Waals surface area contributed by atoms with Crippen molar-refractivity contribution in [1.82, 2.24) is 14.9 Å². The monoisotopic (exact) mass is 325 g/mol. The quantitative estimate of drug-likeness (QED) is 0.851. The number of carbonyl (C=O) groups excluding carboxylic acids is 1. The Kier molecular flexibility index (Phi) is 4.27. The first kappa shape index (κ1) is 14.6. The van der Waals surface area contributed by atoms with Crippen LogP contribution in [-0.2, 0) is 16.1 Å². The van der Waals surface area contributed by atoms with Gasteiger partial charge in [0.25, 0.3) is 5.56 Å². The summed E-state index contributed by atoms with van der Waals surface area (Å²) in [5.41, 5.74) is 0.635. The van der Waals surface area contributed by atoms with E-state index in [0.29, 0.717) is 23.6 Å². The van der Waals surface area contributed by atoms with Crippen LogP contribution in [-0.4, -0.2) is 52.0 Å². The van der Waals surface area contributed by atoms with Crippen molar-refractivity contribution in [3.63, 3.8) is 0 Å². The minimum absolute atomic E-state index is 0.0964. The highest BCUT2D eigenvalue weighted by Gasteiger charge is 2.27. The van der Waals surface area contributed by atoms with Crippen LogP contribution in [0.15, 0.2) is 16.2 Å². The van der Waals surface area contributed by atoms with E-state index in [4.69, 9.17) is 4.74 Å². The second-order valence-corrected chi connectivity index (χ2v) is 6.99. The Morgan fingerprint density at radius 2 is 2.48 bits per heavy atom. The molecule has 8 heteroatoms. The molecule has 0 bridgehead atoms. The summed E-state index contributed by atoms with van der Waals surface area (Å²) in [4.78, 5) is 33.0. The fourth-order valence-corrected chi connectivity index (χ4v) is 4.25. The third-order valence-electron chi connectivity index (χ3n) is 3.35. The molecule has 0 radical (unpaired) electrons. The molecule has 1 aliphatic rings. The van der Waals surface area contributed by atoms with Crippen LogP contribution in [0.4, 0.5) is 0 Å². The zero-order valence-electron chi connectivity index (χ0n) is 11.5. The lowest BCUT2D eigenvalue weighted by Crippen LogP contribution is -2.41. The molecule has 1 N–H and O–H groups in total. The molecule has 1 aliphatic heterocycles. The number of hydrogen-bond acceptors (Lipinski definition) is 7. The van der Waals surface area contributed by atoms with Crippen molar-refractivity contribution >= 4 is 39.3 Å². The normalized spacial score (nSPS) is 19.8. The summed E-state index contributed by atoms with van der Waals surface area (Å²) in [5, 5.41) is 1.70. The maximum absolute atomic E-state index is 11.9. The number of aromatic nitrogens is 2. The number of nitrogens with zero attached hydrogens (tertiary/aromatic N) is 2. The Morgan fingerprint density at radius 1 is 1.62 bits per heavy atom.